The molecule has 45 heavy (non-hydrogen) atoms. The SMILES string of the molecule is COc1ccc2nc(S(=O)Cc3ncc(C)c(OC)c3C)n(S(=O)(=O)c3ccc(OCC(=O)O)c(OCC(=O)O)c3)c2c1.[H-].[H-].[Na+].[Na+]. The standard InChI is InChI=1S/C27H27N3O11S2.2Na.2H/c1-15-11-28-20(16(2)26(15)39-4)14-42(35)27-29-19-7-5-17(38-3)9-21(19)30(27)43(36,37)18-6-8-22(40-12-24(31)32)23(10-18)41-13-25(33)34;;;;/h5-11H,12-14H2,1-4H3,(H,31,32)(H,33,34);;;;/q;2*+1;2*-1. The van der Waals surface area contributed by atoms with Gasteiger partial charge in [0.2, 0.25) is 5.16 Å². The van der Waals surface area contributed by atoms with Gasteiger partial charge in [-0.15, -0.1) is 0 Å². The van der Waals surface area contributed by atoms with E-state index in [1.807, 2.05) is 6.92 Å². The summed E-state index contributed by atoms with van der Waals surface area (Å²) in [4.78, 5) is 30.5. The molecule has 0 bridgehead atoms. The summed E-state index contributed by atoms with van der Waals surface area (Å²) in [5.41, 5.74) is 2.10. The van der Waals surface area contributed by atoms with E-state index in [1.54, 1.807) is 19.2 Å². The molecule has 2 N–H and O–H groups in total. The summed E-state index contributed by atoms with van der Waals surface area (Å²) in [6, 6.07) is 7.76. The fourth-order valence-electron chi connectivity index (χ4n) is 4.19. The van der Waals surface area contributed by atoms with Crippen LogP contribution >= 0.6 is 0 Å². The first-order valence-electron chi connectivity index (χ1n) is 12.4. The Bertz CT molecular complexity index is 1880. The molecule has 4 aromatic rings. The summed E-state index contributed by atoms with van der Waals surface area (Å²) in [5.74, 6) is -2.52. The first kappa shape index (κ1) is 38.5. The van der Waals surface area contributed by atoms with Gasteiger partial charge in [-0.2, -0.15) is 0 Å². The predicted octanol–water partition coefficient (Wildman–Crippen LogP) is -3.23. The first-order valence-corrected chi connectivity index (χ1v) is 15.2. The minimum absolute atomic E-state index is 0. The fraction of sp³-hybridized carbons (Fsp3) is 0.259. The predicted molar refractivity (Wildman–Crippen MR) is 154 cm³/mol. The van der Waals surface area contributed by atoms with Crippen molar-refractivity contribution in [3.05, 3.63) is 59.4 Å². The maximum Gasteiger partial charge on any atom is 1.00 e. The second-order valence-electron chi connectivity index (χ2n) is 9.03. The molecule has 18 heteroatoms. The normalized spacial score (nSPS) is 11.6. The number of methoxy groups -OCH3 is 2. The summed E-state index contributed by atoms with van der Waals surface area (Å²) < 4.78 is 64.0. The van der Waals surface area contributed by atoms with E-state index in [-0.39, 0.29) is 95.4 Å². The number of hydrogen-bond acceptors (Lipinski definition) is 11. The molecule has 14 nitrogen and oxygen atoms in total. The van der Waals surface area contributed by atoms with Crippen LogP contribution in [0, 0.1) is 13.8 Å². The zero-order chi connectivity index (χ0) is 31.5. The van der Waals surface area contributed by atoms with E-state index < -0.39 is 50.9 Å². The molecule has 0 fully saturated rings. The third kappa shape index (κ3) is 8.56. The van der Waals surface area contributed by atoms with Crippen LogP contribution in [0.15, 0.2) is 52.6 Å². The largest absolute Gasteiger partial charge is 1.00 e. The number of carboxylic acids is 2. The molecular weight excluding hydrogens is 652 g/mol. The molecule has 0 aliphatic carbocycles. The van der Waals surface area contributed by atoms with Crippen LogP contribution in [0.2, 0.25) is 0 Å². The van der Waals surface area contributed by atoms with Crippen LogP contribution in [0.1, 0.15) is 19.7 Å². The van der Waals surface area contributed by atoms with Crippen molar-refractivity contribution in [2.24, 2.45) is 0 Å². The van der Waals surface area contributed by atoms with Gasteiger partial charge >= 0.3 is 71.1 Å². The smallest absolute Gasteiger partial charge is 1.00 e. The Hall–Kier alpha value is -2.70. The number of aliphatic carboxylic acids is 2. The molecule has 0 spiro atoms. The molecule has 2 aromatic heterocycles. The first-order chi connectivity index (χ1) is 20.4. The molecule has 0 amide bonds. The maximum atomic E-state index is 14.2. The van der Waals surface area contributed by atoms with E-state index in [0.717, 1.165) is 27.7 Å². The van der Waals surface area contributed by atoms with E-state index in [2.05, 4.69) is 9.97 Å². The number of aryl methyl sites for hydroxylation is 1. The Morgan fingerprint density at radius 3 is 2.20 bits per heavy atom. The van der Waals surface area contributed by atoms with Gasteiger partial charge < -0.3 is 32.0 Å². The summed E-state index contributed by atoms with van der Waals surface area (Å²) in [5, 5.41) is 17.7. The van der Waals surface area contributed by atoms with Gasteiger partial charge in [0.15, 0.2) is 24.7 Å². The number of carbonyl (C=O) groups is 2. The molecule has 1 atom stereocenters. The number of aromatic nitrogens is 3. The van der Waals surface area contributed by atoms with E-state index in [4.69, 9.17) is 29.2 Å². The number of nitrogens with zero attached hydrogens (tertiary/aromatic N) is 3. The number of hydrogen-bond donors (Lipinski definition) is 2. The number of fused-ring (bicyclic) bond motifs is 1. The second kappa shape index (κ2) is 16.2. The zero-order valence-electron chi connectivity index (χ0n) is 27.4. The molecule has 1 unspecified atom stereocenters. The third-order valence-corrected chi connectivity index (χ3v) is 9.20. The summed E-state index contributed by atoms with van der Waals surface area (Å²) in [6.45, 7) is 1.91. The van der Waals surface area contributed by atoms with Gasteiger partial charge in [-0.25, -0.2) is 27.0 Å². The quantitative estimate of drug-likeness (QED) is 0.134. The number of benzene rings is 2. The van der Waals surface area contributed by atoms with Crippen molar-refractivity contribution in [3.8, 4) is 23.0 Å². The van der Waals surface area contributed by atoms with Crippen LogP contribution in [0.4, 0.5) is 0 Å². The summed E-state index contributed by atoms with van der Waals surface area (Å²) >= 11 is 0. The minimum atomic E-state index is -4.59. The Kier molecular flexibility index (Phi) is 13.9. The Labute approximate surface area is 308 Å². The van der Waals surface area contributed by atoms with E-state index in [0.29, 0.717) is 22.8 Å². The fourth-order valence-corrected chi connectivity index (χ4v) is 7.24. The van der Waals surface area contributed by atoms with Crippen LogP contribution in [-0.2, 0) is 36.2 Å². The van der Waals surface area contributed by atoms with Crippen LogP contribution in [0.3, 0.4) is 0 Å². The molecule has 0 radical (unpaired) electrons. The van der Waals surface area contributed by atoms with Crippen molar-refractivity contribution in [2.75, 3.05) is 27.4 Å². The van der Waals surface area contributed by atoms with Crippen molar-refractivity contribution in [1.29, 1.82) is 0 Å². The van der Waals surface area contributed by atoms with Gasteiger partial charge in [-0.3, -0.25) is 9.19 Å². The van der Waals surface area contributed by atoms with Gasteiger partial charge in [-0.1, -0.05) is 0 Å². The average Bonchev–Trinajstić information content (AvgIpc) is 3.36. The van der Waals surface area contributed by atoms with Crippen LogP contribution in [-0.4, -0.2) is 76.2 Å². The summed E-state index contributed by atoms with van der Waals surface area (Å²) in [6.07, 6.45) is 1.57. The molecule has 4 rings (SSSR count). The number of rotatable bonds is 13. The van der Waals surface area contributed by atoms with Crippen molar-refractivity contribution in [1.82, 2.24) is 13.9 Å². The second-order valence-corrected chi connectivity index (χ2v) is 12.2. The van der Waals surface area contributed by atoms with Gasteiger partial charge in [0.1, 0.15) is 11.5 Å². The van der Waals surface area contributed by atoms with Gasteiger partial charge in [-0.05, 0) is 38.1 Å². The number of ether oxygens (including phenoxy) is 4. The zero-order valence-corrected chi connectivity index (χ0v) is 31.0. The topological polar surface area (TPSA) is 193 Å². The molecular formula is C27H29N3Na2O11S2. The van der Waals surface area contributed by atoms with Gasteiger partial charge in [0.05, 0.1) is 52.4 Å². The van der Waals surface area contributed by atoms with E-state index >= 15 is 0 Å². The Balaban J connectivity index is 0.00000529. The van der Waals surface area contributed by atoms with Crippen molar-refractivity contribution < 1.29 is 113 Å². The summed E-state index contributed by atoms with van der Waals surface area (Å²) in [7, 11) is -3.74. The van der Waals surface area contributed by atoms with Crippen LogP contribution in [0.25, 0.3) is 11.0 Å². The van der Waals surface area contributed by atoms with Gasteiger partial charge in [0.25, 0.3) is 10.0 Å². The molecule has 2 heterocycles. The number of carboxylic acid groups (broad SMARTS) is 2. The van der Waals surface area contributed by atoms with E-state index in [9.17, 15) is 22.2 Å². The molecule has 0 aliphatic heterocycles. The molecule has 0 saturated carbocycles. The monoisotopic (exact) mass is 681 g/mol. The average molecular weight is 682 g/mol. The molecule has 232 valence electrons. The van der Waals surface area contributed by atoms with Crippen LogP contribution < -0.4 is 78.1 Å². The Morgan fingerprint density at radius 1 is 0.956 bits per heavy atom. The molecule has 0 aliphatic rings. The number of pyridine rings is 1. The Morgan fingerprint density at radius 2 is 1.60 bits per heavy atom. The van der Waals surface area contributed by atoms with Crippen molar-refractivity contribution in [3.63, 3.8) is 0 Å². The van der Waals surface area contributed by atoms with Crippen molar-refractivity contribution in [2.45, 2.75) is 29.7 Å². The maximum absolute atomic E-state index is 14.2. The van der Waals surface area contributed by atoms with Gasteiger partial charge in [0, 0.05) is 29.5 Å². The van der Waals surface area contributed by atoms with Crippen molar-refractivity contribution >= 4 is 43.8 Å². The molecule has 2 aromatic carbocycles. The van der Waals surface area contributed by atoms with Crippen LogP contribution in [0.5, 0.6) is 23.0 Å². The number of imidazole rings is 1. The van der Waals surface area contributed by atoms with E-state index in [1.165, 1.54) is 26.4 Å². The third-order valence-electron chi connectivity index (χ3n) is 6.17. The molecule has 0 saturated heterocycles. The minimum Gasteiger partial charge on any atom is -1.00 e.